The Bertz CT molecular complexity index is 1110. The topological polar surface area (TPSA) is 52.8 Å². The van der Waals surface area contributed by atoms with Crippen LogP contribution >= 0.6 is 23.1 Å². The maximum Gasteiger partial charge on any atom is 0.191 e. The molecule has 0 amide bonds. The second-order valence-corrected chi connectivity index (χ2v) is 8.14. The van der Waals surface area contributed by atoms with Crippen LogP contribution in [-0.4, -0.2) is 19.7 Å². The normalized spacial score (nSPS) is 10.8. The summed E-state index contributed by atoms with van der Waals surface area (Å²) in [4.78, 5) is 4.73. The van der Waals surface area contributed by atoms with Crippen molar-refractivity contribution in [2.24, 2.45) is 0 Å². The molecule has 0 spiro atoms. The Morgan fingerprint density at radius 3 is 2.67 bits per heavy atom. The number of halogens is 1. The lowest BCUT2D eigenvalue weighted by Gasteiger charge is -2.09. The van der Waals surface area contributed by atoms with Crippen molar-refractivity contribution < 1.29 is 9.13 Å². The van der Waals surface area contributed by atoms with Gasteiger partial charge in [0.05, 0.1) is 5.69 Å². The van der Waals surface area contributed by atoms with Gasteiger partial charge < -0.3 is 4.74 Å². The van der Waals surface area contributed by atoms with E-state index in [-0.39, 0.29) is 12.4 Å². The molecule has 4 aromatic rings. The molecule has 2 aromatic carbocycles. The minimum atomic E-state index is -0.298. The lowest BCUT2D eigenvalue weighted by molar-refractivity contribution is 0.288. The third-order valence-electron chi connectivity index (χ3n) is 4.21. The summed E-state index contributed by atoms with van der Waals surface area (Å²) in [6.45, 7) is 4.63. The summed E-state index contributed by atoms with van der Waals surface area (Å²) in [5, 5.41) is 12.4. The van der Waals surface area contributed by atoms with Crippen molar-refractivity contribution in [3.8, 4) is 16.3 Å². The molecule has 5 nitrogen and oxygen atoms in total. The first-order valence-electron chi connectivity index (χ1n) is 9.27. The van der Waals surface area contributed by atoms with E-state index in [0.29, 0.717) is 23.9 Å². The maximum atomic E-state index is 13.0. The summed E-state index contributed by atoms with van der Waals surface area (Å²) in [6.07, 6.45) is 1.80. The van der Waals surface area contributed by atoms with Gasteiger partial charge in [-0.15, -0.1) is 28.1 Å². The summed E-state index contributed by atoms with van der Waals surface area (Å²) < 4.78 is 20.7. The van der Waals surface area contributed by atoms with E-state index in [2.05, 4.69) is 34.3 Å². The minimum Gasteiger partial charge on any atom is -0.486 e. The molecule has 0 bridgehead atoms. The molecule has 30 heavy (non-hydrogen) atoms. The zero-order valence-corrected chi connectivity index (χ0v) is 17.7. The Morgan fingerprint density at radius 2 is 1.90 bits per heavy atom. The van der Waals surface area contributed by atoms with E-state index in [9.17, 15) is 4.39 Å². The largest absolute Gasteiger partial charge is 0.486 e. The Hall–Kier alpha value is -2.97. The Morgan fingerprint density at radius 1 is 1.10 bits per heavy atom. The maximum absolute atomic E-state index is 13.0. The van der Waals surface area contributed by atoms with Crippen molar-refractivity contribution >= 4 is 23.1 Å². The van der Waals surface area contributed by atoms with Gasteiger partial charge in [0.1, 0.15) is 23.2 Å². The first-order valence-corrected chi connectivity index (χ1v) is 11.1. The average molecular weight is 439 g/mol. The zero-order chi connectivity index (χ0) is 20.8. The van der Waals surface area contributed by atoms with Gasteiger partial charge in [0.2, 0.25) is 0 Å². The number of hydrogen-bond acceptors (Lipinski definition) is 6. The first-order chi connectivity index (χ1) is 14.7. The van der Waals surface area contributed by atoms with Crippen molar-refractivity contribution in [3.05, 3.63) is 90.0 Å². The van der Waals surface area contributed by atoms with Gasteiger partial charge in [0.15, 0.2) is 11.0 Å². The van der Waals surface area contributed by atoms with Crippen molar-refractivity contribution in [3.63, 3.8) is 0 Å². The summed E-state index contributed by atoms with van der Waals surface area (Å²) >= 11 is 3.21. The quantitative estimate of drug-likeness (QED) is 0.252. The molecule has 0 aliphatic carbocycles. The Labute approximate surface area is 182 Å². The summed E-state index contributed by atoms with van der Waals surface area (Å²) in [5.74, 6) is 1.66. The highest BCUT2D eigenvalue weighted by Crippen LogP contribution is 2.27. The Balaban J connectivity index is 1.42. The van der Waals surface area contributed by atoms with Crippen LogP contribution in [0.2, 0.25) is 0 Å². The number of rotatable bonds is 9. The van der Waals surface area contributed by atoms with E-state index in [1.54, 1.807) is 41.3 Å². The van der Waals surface area contributed by atoms with Gasteiger partial charge in [-0.3, -0.25) is 4.57 Å². The molecule has 152 valence electrons. The molecule has 0 saturated carbocycles. The van der Waals surface area contributed by atoms with Crippen molar-refractivity contribution in [1.29, 1.82) is 0 Å². The second-order valence-electron chi connectivity index (χ2n) is 6.34. The van der Waals surface area contributed by atoms with Crippen LogP contribution in [0.4, 0.5) is 4.39 Å². The van der Waals surface area contributed by atoms with E-state index in [1.807, 2.05) is 22.8 Å². The molecule has 0 atom stereocenters. The fourth-order valence-electron chi connectivity index (χ4n) is 2.75. The van der Waals surface area contributed by atoms with Crippen LogP contribution in [0.1, 0.15) is 11.5 Å². The molecule has 0 aliphatic heterocycles. The monoisotopic (exact) mass is 438 g/mol. The number of nitrogens with zero attached hydrogens (tertiary/aromatic N) is 4. The van der Waals surface area contributed by atoms with E-state index in [4.69, 9.17) is 9.72 Å². The fourth-order valence-corrected chi connectivity index (χ4v) is 4.54. The van der Waals surface area contributed by atoms with Crippen molar-refractivity contribution in [1.82, 2.24) is 19.7 Å². The fraction of sp³-hybridized carbons (Fsp3) is 0.136. The molecule has 4 rings (SSSR count). The summed E-state index contributed by atoms with van der Waals surface area (Å²) in [5.41, 5.74) is 2.12. The number of allylic oxidation sites excluding steroid dienone is 1. The summed E-state index contributed by atoms with van der Waals surface area (Å²) in [6, 6.07) is 16.0. The van der Waals surface area contributed by atoms with Gasteiger partial charge in [0, 0.05) is 23.2 Å². The number of thioether (sulfide) groups is 1. The van der Waals surface area contributed by atoms with Gasteiger partial charge in [0.25, 0.3) is 0 Å². The average Bonchev–Trinajstić information content (AvgIpc) is 3.40. The number of thiazole rings is 1. The van der Waals surface area contributed by atoms with E-state index < -0.39 is 0 Å². The summed E-state index contributed by atoms with van der Waals surface area (Å²) in [7, 11) is 0. The molecule has 0 unspecified atom stereocenters. The standard InChI is InChI=1S/C22H19FN4OS2/c1-2-12-27-20(13-28-19-10-8-17(23)9-11-19)25-26-22(27)30-15-18-14-29-21(24-18)16-6-4-3-5-7-16/h2-11,14H,1,12-13,15H2. The van der Waals surface area contributed by atoms with Gasteiger partial charge in [-0.05, 0) is 24.3 Å². The smallest absolute Gasteiger partial charge is 0.191 e. The predicted molar refractivity (Wildman–Crippen MR) is 118 cm³/mol. The van der Waals surface area contributed by atoms with Crippen LogP contribution in [-0.2, 0) is 18.9 Å². The molecule has 0 fully saturated rings. The SMILES string of the molecule is C=CCn1c(COc2ccc(F)cc2)nnc1SCc1csc(-c2ccccc2)n1. The first kappa shape index (κ1) is 20.3. The van der Waals surface area contributed by atoms with Crippen LogP contribution in [0.15, 0.2) is 77.8 Å². The molecule has 0 radical (unpaired) electrons. The van der Waals surface area contributed by atoms with Gasteiger partial charge in [-0.25, -0.2) is 9.37 Å². The van der Waals surface area contributed by atoms with Crippen LogP contribution in [0.3, 0.4) is 0 Å². The highest BCUT2D eigenvalue weighted by molar-refractivity contribution is 7.98. The van der Waals surface area contributed by atoms with Crippen LogP contribution in [0.5, 0.6) is 5.75 Å². The van der Waals surface area contributed by atoms with Crippen LogP contribution < -0.4 is 4.74 Å². The van der Waals surface area contributed by atoms with E-state index >= 15 is 0 Å². The Kier molecular flexibility index (Phi) is 6.56. The van der Waals surface area contributed by atoms with Crippen LogP contribution in [0, 0.1) is 5.82 Å². The lowest BCUT2D eigenvalue weighted by atomic mass is 10.2. The molecule has 2 heterocycles. The van der Waals surface area contributed by atoms with Crippen LogP contribution in [0.25, 0.3) is 10.6 Å². The highest BCUT2D eigenvalue weighted by atomic mass is 32.2. The van der Waals surface area contributed by atoms with Crippen molar-refractivity contribution in [2.75, 3.05) is 0 Å². The van der Waals surface area contributed by atoms with E-state index in [1.165, 1.54) is 12.1 Å². The molecule has 8 heteroatoms. The number of hydrogen-bond donors (Lipinski definition) is 0. The van der Waals surface area contributed by atoms with Gasteiger partial charge in [-0.1, -0.05) is 48.2 Å². The molecular formula is C22H19FN4OS2. The third kappa shape index (κ3) is 4.95. The number of ether oxygens (including phenoxy) is 1. The van der Waals surface area contributed by atoms with E-state index in [0.717, 1.165) is 21.4 Å². The molecule has 0 aliphatic rings. The van der Waals surface area contributed by atoms with Gasteiger partial charge in [-0.2, -0.15) is 0 Å². The highest BCUT2D eigenvalue weighted by Gasteiger charge is 2.14. The van der Waals surface area contributed by atoms with Crippen molar-refractivity contribution in [2.45, 2.75) is 24.1 Å². The third-order valence-corrected chi connectivity index (χ3v) is 6.15. The minimum absolute atomic E-state index is 0.238. The lowest BCUT2D eigenvalue weighted by Crippen LogP contribution is -2.07. The molecule has 0 saturated heterocycles. The number of aromatic nitrogens is 4. The molecule has 2 aromatic heterocycles. The second kappa shape index (κ2) is 9.69. The predicted octanol–water partition coefficient (Wildman–Crippen LogP) is 5.60. The number of benzene rings is 2. The van der Waals surface area contributed by atoms with Gasteiger partial charge >= 0.3 is 0 Å². The zero-order valence-electron chi connectivity index (χ0n) is 16.1. The molecular weight excluding hydrogens is 419 g/mol. The molecule has 0 N–H and O–H groups in total.